The summed E-state index contributed by atoms with van der Waals surface area (Å²) in [4.78, 5) is 0. The van der Waals surface area contributed by atoms with Gasteiger partial charge in [-0.2, -0.15) is 0 Å². The zero-order valence-corrected chi connectivity index (χ0v) is 12.7. The van der Waals surface area contributed by atoms with Crippen LogP contribution in [0.25, 0.3) is 0 Å². The number of ether oxygens (including phenoxy) is 2. The van der Waals surface area contributed by atoms with Crippen molar-refractivity contribution in [2.75, 3.05) is 20.0 Å². The number of nitrogen functional groups attached to an aromatic ring is 1. The fraction of sp³-hybridized carbons (Fsp3) is 0.286. The quantitative estimate of drug-likeness (QED) is 0.665. The standard InChI is InChI=1S/C14H16Cl2N2O2/c1-19-12-6-9(10(15)7-11(12)18)14(20-2)4-3-8(17)5-13(14)16/h3-7,13H,17-18H2,1-2H3. The van der Waals surface area contributed by atoms with E-state index in [0.717, 1.165) is 0 Å². The van der Waals surface area contributed by atoms with Gasteiger partial charge in [0.2, 0.25) is 0 Å². The first kappa shape index (κ1) is 15.0. The molecular weight excluding hydrogens is 299 g/mol. The Balaban J connectivity index is 2.61. The van der Waals surface area contributed by atoms with Gasteiger partial charge in [0, 0.05) is 23.4 Å². The van der Waals surface area contributed by atoms with Crippen LogP contribution in [0.2, 0.25) is 5.02 Å². The molecule has 0 radical (unpaired) electrons. The van der Waals surface area contributed by atoms with Crippen molar-refractivity contribution in [2.45, 2.75) is 11.0 Å². The second kappa shape index (κ2) is 5.56. The molecule has 2 rings (SSSR count). The lowest BCUT2D eigenvalue weighted by Gasteiger charge is -2.36. The number of rotatable bonds is 3. The Morgan fingerprint density at radius 2 is 1.95 bits per heavy atom. The van der Waals surface area contributed by atoms with Gasteiger partial charge >= 0.3 is 0 Å². The smallest absolute Gasteiger partial charge is 0.142 e. The summed E-state index contributed by atoms with van der Waals surface area (Å²) in [6, 6.07) is 3.35. The number of methoxy groups -OCH3 is 2. The van der Waals surface area contributed by atoms with Crippen molar-refractivity contribution >= 4 is 28.9 Å². The zero-order valence-electron chi connectivity index (χ0n) is 11.2. The van der Waals surface area contributed by atoms with Crippen LogP contribution in [-0.4, -0.2) is 19.6 Å². The molecule has 6 heteroatoms. The average Bonchev–Trinajstić information content (AvgIpc) is 2.40. The highest BCUT2D eigenvalue weighted by Gasteiger charge is 2.40. The normalized spacial score (nSPS) is 25.4. The summed E-state index contributed by atoms with van der Waals surface area (Å²) in [5.41, 5.74) is 12.4. The third-order valence-corrected chi connectivity index (χ3v) is 4.11. The Labute approximate surface area is 127 Å². The highest BCUT2D eigenvalue weighted by molar-refractivity contribution is 6.32. The van der Waals surface area contributed by atoms with Crippen LogP contribution in [0.1, 0.15) is 5.56 Å². The number of alkyl halides is 1. The number of halogens is 2. The van der Waals surface area contributed by atoms with Gasteiger partial charge in [0.15, 0.2) is 0 Å². The fourth-order valence-electron chi connectivity index (χ4n) is 2.23. The van der Waals surface area contributed by atoms with Gasteiger partial charge in [-0.3, -0.25) is 0 Å². The first-order valence-electron chi connectivity index (χ1n) is 5.94. The third-order valence-electron chi connectivity index (χ3n) is 3.35. The summed E-state index contributed by atoms with van der Waals surface area (Å²) in [5.74, 6) is 0.514. The van der Waals surface area contributed by atoms with Gasteiger partial charge in [-0.05, 0) is 30.4 Å². The third kappa shape index (κ3) is 2.35. The van der Waals surface area contributed by atoms with Crippen LogP contribution in [-0.2, 0) is 10.3 Å². The molecule has 1 aromatic carbocycles. The van der Waals surface area contributed by atoms with Gasteiger partial charge < -0.3 is 20.9 Å². The fourth-order valence-corrected chi connectivity index (χ4v) is 2.98. The van der Waals surface area contributed by atoms with Crippen LogP contribution in [0, 0.1) is 0 Å². The lowest BCUT2D eigenvalue weighted by atomic mass is 9.85. The first-order valence-corrected chi connectivity index (χ1v) is 6.75. The molecule has 0 aliphatic heterocycles. The van der Waals surface area contributed by atoms with Gasteiger partial charge in [-0.15, -0.1) is 11.6 Å². The van der Waals surface area contributed by atoms with Gasteiger partial charge in [-0.1, -0.05) is 11.6 Å². The minimum Gasteiger partial charge on any atom is -0.495 e. The van der Waals surface area contributed by atoms with Gasteiger partial charge in [-0.25, -0.2) is 0 Å². The number of allylic oxidation sites excluding steroid dienone is 1. The van der Waals surface area contributed by atoms with Crippen molar-refractivity contribution < 1.29 is 9.47 Å². The summed E-state index contributed by atoms with van der Waals surface area (Å²) >= 11 is 12.7. The summed E-state index contributed by atoms with van der Waals surface area (Å²) in [7, 11) is 3.10. The predicted molar refractivity (Wildman–Crippen MR) is 82.2 cm³/mol. The number of hydrogen-bond acceptors (Lipinski definition) is 4. The first-order chi connectivity index (χ1) is 9.44. The molecule has 0 fully saturated rings. The molecule has 1 aliphatic rings. The van der Waals surface area contributed by atoms with E-state index in [2.05, 4.69) is 0 Å². The van der Waals surface area contributed by atoms with Crippen molar-refractivity contribution in [1.82, 2.24) is 0 Å². The molecule has 2 unspecified atom stereocenters. The number of benzene rings is 1. The minimum atomic E-state index is -0.914. The minimum absolute atomic E-state index is 0.452. The second-order valence-corrected chi connectivity index (χ2v) is 5.35. The molecule has 2 atom stereocenters. The Hall–Kier alpha value is -1.36. The maximum absolute atomic E-state index is 6.41. The van der Waals surface area contributed by atoms with Crippen molar-refractivity contribution in [3.63, 3.8) is 0 Å². The molecule has 0 heterocycles. The number of anilines is 1. The van der Waals surface area contributed by atoms with E-state index in [9.17, 15) is 0 Å². The van der Waals surface area contributed by atoms with E-state index in [1.54, 1.807) is 37.5 Å². The molecular formula is C14H16Cl2N2O2. The summed E-state index contributed by atoms with van der Waals surface area (Å²) in [6.07, 6.45) is 5.24. The van der Waals surface area contributed by atoms with Crippen molar-refractivity contribution in [3.8, 4) is 5.75 Å². The molecule has 0 saturated heterocycles. The van der Waals surface area contributed by atoms with Gasteiger partial charge in [0.25, 0.3) is 0 Å². The number of hydrogen-bond donors (Lipinski definition) is 2. The van der Waals surface area contributed by atoms with Crippen LogP contribution < -0.4 is 16.2 Å². The highest BCUT2D eigenvalue weighted by atomic mass is 35.5. The van der Waals surface area contributed by atoms with Crippen LogP contribution in [0.5, 0.6) is 5.75 Å². The lowest BCUT2D eigenvalue weighted by Crippen LogP contribution is -2.38. The molecule has 0 saturated carbocycles. The van der Waals surface area contributed by atoms with E-state index in [4.69, 9.17) is 44.1 Å². The average molecular weight is 315 g/mol. The lowest BCUT2D eigenvalue weighted by molar-refractivity contribution is 0.0333. The molecule has 20 heavy (non-hydrogen) atoms. The Morgan fingerprint density at radius 1 is 1.25 bits per heavy atom. The van der Waals surface area contributed by atoms with E-state index in [0.29, 0.717) is 27.7 Å². The monoisotopic (exact) mass is 314 g/mol. The summed E-state index contributed by atoms with van der Waals surface area (Å²) in [6.45, 7) is 0. The second-order valence-electron chi connectivity index (χ2n) is 4.47. The summed E-state index contributed by atoms with van der Waals surface area (Å²) in [5, 5.41) is -0.0438. The van der Waals surface area contributed by atoms with Crippen molar-refractivity contribution in [3.05, 3.63) is 46.6 Å². The molecule has 4 nitrogen and oxygen atoms in total. The van der Waals surface area contributed by atoms with E-state index in [1.807, 2.05) is 0 Å². The van der Waals surface area contributed by atoms with E-state index in [1.165, 1.54) is 7.11 Å². The van der Waals surface area contributed by atoms with E-state index >= 15 is 0 Å². The summed E-state index contributed by atoms with van der Waals surface area (Å²) < 4.78 is 10.9. The SMILES string of the molecule is COc1cc(C2(OC)C=CC(N)=CC2Cl)c(Cl)cc1N. The molecule has 1 aromatic rings. The Morgan fingerprint density at radius 3 is 2.50 bits per heavy atom. The van der Waals surface area contributed by atoms with Crippen LogP contribution >= 0.6 is 23.2 Å². The van der Waals surface area contributed by atoms with Crippen molar-refractivity contribution in [1.29, 1.82) is 0 Å². The Kier molecular flexibility index (Phi) is 4.18. The number of nitrogens with two attached hydrogens (primary N) is 2. The van der Waals surface area contributed by atoms with Gasteiger partial charge in [0.1, 0.15) is 11.4 Å². The Bertz CT molecular complexity index is 587. The maximum atomic E-state index is 6.41. The van der Waals surface area contributed by atoms with E-state index < -0.39 is 11.0 Å². The highest BCUT2D eigenvalue weighted by Crippen LogP contribution is 2.43. The molecule has 1 aliphatic carbocycles. The topological polar surface area (TPSA) is 70.5 Å². The van der Waals surface area contributed by atoms with E-state index in [-0.39, 0.29) is 0 Å². The molecule has 0 spiro atoms. The molecule has 108 valence electrons. The van der Waals surface area contributed by atoms with Gasteiger partial charge in [0.05, 0.1) is 18.2 Å². The molecule has 0 bridgehead atoms. The van der Waals surface area contributed by atoms with Crippen molar-refractivity contribution in [2.24, 2.45) is 5.73 Å². The molecule has 0 amide bonds. The predicted octanol–water partition coefficient (Wildman–Crippen LogP) is 2.79. The largest absolute Gasteiger partial charge is 0.495 e. The maximum Gasteiger partial charge on any atom is 0.142 e. The van der Waals surface area contributed by atoms with Crippen LogP contribution in [0.4, 0.5) is 5.69 Å². The van der Waals surface area contributed by atoms with Crippen LogP contribution in [0.15, 0.2) is 36.1 Å². The van der Waals surface area contributed by atoms with Crippen LogP contribution in [0.3, 0.4) is 0 Å². The molecule has 4 N–H and O–H groups in total. The molecule has 0 aromatic heterocycles. The zero-order chi connectivity index (χ0) is 14.9.